The van der Waals surface area contributed by atoms with Gasteiger partial charge in [0.25, 0.3) is 11.5 Å². The van der Waals surface area contributed by atoms with E-state index in [4.69, 9.17) is 0 Å². The molecule has 0 radical (unpaired) electrons. The molecule has 2 heterocycles. The fourth-order valence-corrected chi connectivity index (χ4v) is 4.53. The number of pyridine rings is 1. The molecule has 1 amide bonds. The highest BCUT2D eigenvalue weighted by Gasteiger charge is 2.50. The standard InChI is InChI=1S/C19H19F3N2O3/c20-19(21,22)12-4-3-11-6-14(16(26)23-15(11)7-12)17(27)24-8-13-2-1-5-18(13,9-24)10-25/h3-4,6-7,13,25H,1-2,5,8-10H2,(H,23,26)/t13-,18+/m0/s1. The number of fused-ring (bicyclic) bond motifs is 2. The maximum atomic E-state index is 12.9. The maximum absolute atomic E-state index is 12.9. The van der Waals surface area contributed by atoms with Gasteiger partial charge < -0.3 is 15.0 Å². The number of hydrogen-bond donors (Lipinski definition) is 2. The zero-order valence-electron chi connectivity index (χ0n) is 14.5. The number of aliphatic hydroxyl groups is 1. The second kappa shape index (κ2) is 6.09. The molecule has 4 rings (SSSR count). The fourth-order valence-electron chi connectivity index (χ4n) is 4.53. The van der Waals surface area contributed by atoms with Crippen LogP contribution < -0.4 is 5.56 Å². The normalized spacial score (nSPS) is 25.2. The van der Waals surface area contributed by atoms with Gasteiger partial charge in [0, 0.05) is 24.0 Å². The minimum Gasteiger partial charge on any atom is -0.396 e. The lowest BCUT2D eigenvalue weighted by molar-refractivity contribution is -0.137. The fraction of sp³-hybridized carbons (Fsp3) is 0.474. The van der Waals surface area contributed by atoms with E-state index in [0.717, 1.165) is 31.4 Å². The SMILES string of the molecule is O=C(c1cc2ccc(C(F)(F)F)cc2[nH]c1=O)N1C[C@@H]2CCC[C@]2(CO)C1. The van der Waals surface area contributed by atoms with Crippen LogP contribution >= 0.6 is 0 Å². The van der Waals surface area contributed by atoms with Crippen molar-refractivity contribution in [2.24, 2.45) is 11.3 Å². The molecule has 5 nitrogen and oxygen atoms in total. The molecular weight excluding hydrogens is 361 g/mol. The number of benzene rings is 1. The van der Waals surface area contributed by atoms with Crippen LogP contribution in [-0.4, -0.2) is 40.6 Å². The minimum absolute atomic E-state index is 0.00967. The first-order valence-corrected chi connectivity index (χ1v) is 8.88. The van der Waals surface area contributed by atoms with E-state index in [-0.39, 0.29) is 29.0 Å². The largest absolute Gasteiger partial charge is 0.416 e. The second-order valence-corrected chi connectivity index (χ2v) is 7.61. The number of rotatable bonds is 2. The van der Waals surface area contributed by atoms with Crippen molar-refractivity contribution in [1.29, 1.82) is 0 Å². The molecule has 1 aliphatic heterocycles. The van der Waals surface area contributed by atoms with Crippen molar-refractivity contribution < 1.29 is 23.1 Å². The van der Waals surface area contributed by atoms with Gasteiger partial charge in [0.05, 0.1) is 12.2 Å². The average Bonchev–Trinajstić information content (AvgIpc) is 3.16. The van der Waals surface area contributed by atoms with Crippen LogP contribution in [0.3, 0.4) is 0 Å². The van der Waals surface area contributed by atoms with Gasteiger partial charge in [-0.3, -0.25) is 9.59 Å². The molecule has 1 aromatic heterocycles. The average molecular weight is 380 g/mol. The monoisotopic (exact) mass is 380 g/mol. The summed E-state index contributed by atoms with van der Waals surface area (Å²) in [4.78, 5) is 29.2. The molecule has 0 bridgehead atoms. The number of carbonyl (C=O) groups is 1. The van der Waals surface area contributed by atoms with E-state index in [2.05, 4.69) is 4.98 Å². The summed E-state index contributed by atoms with van der Waals surface area (Å²) in [7, 11) is 0. The van der Waals surface area contributed by atoms with Crippen molar-refractivity contribution in [2.45, 2.75) is 25.4 Å². The van der Waals surface area contributed by atoms with Gasteiger partial charge in [0.15, 0.2) is 0 Å². The van der Waals surface area contributed by atoms with Crippen molar-refractivity contribution >= 4 is 16.8 Å². The third-order valence-corrected chi connectivity index (χ3v) is 6.05. The van der Waals surface area contributed by atoms with Crippen LogP contribution in [0, 0.1) is 11.3 Å². The highest BCUT2D eigenvalue weighted by Crippen LogP contribution is 2.48. The predicted molar refractivity (Wildman–Crippen MR) is 92.3 cm³/mol. The third kappa shape index (κ3) is 2.92. The summed E-state index contributed by atoms with van der Waals surface area (Å²) in [5.74, 6) is -0.222. The van der Waals surface area contributed by atoms with Crippen molar-refractivity contribution in [3.05, 3.63) is 45.7 Å². The summed E-state index contributed by atoms with van der Waals surface area (Å²) in [5.41, 5.74) is -1.91. The number of likely N-dealkylation sites (tertiary alicyclic amines) is 1. The lowest BCUT2D eigenvalue weighted by Gasteiger charge is -2.25. The Morgan fingerprint density at radius 1 is 1.33 bits per heavy atom. The lowest BCUT2D eigenvalue weighted by atomic mass is 9.82. The Kier molecular flexibility index (Phi) is 4.06. The Hall–Kier alpha value is -2.35. The molecule has 2 aliphatic rings. The number of aliphatic hydroxyl groups excluding tert-OH is 1. The number of amides is 1. The molecular formula is C19H19F3N2O3. The zero-order chi connectivity index (χ0) is 19.4. The molecule has 144 valence electrons. The number of aromatic amines is 1. The van der Waals surface area contributed by atoms with Gasteiger partial charge in [0.1, 0.15) is 5.56 Å². The molecule has 0 unspecified atom stereocenters. The molecule has 2 atom stereocenters. The smallest absolute Gasteiger partial charge is 0.396 e. The molecule has 2 N–H and O–H groups in total. The molecule has 1 aromatic carbocycles. The Labute approximate surface area is 152 Å². The van der Waals surface area contributed by atoms with Gasteiger partial charge in [-0.25, -0.2) is 0 Å². The number of hydrogen-bond acceptors (Lipinski definition) is 3. The minimum atomic E-state index is -4.51. The van der Waals surface area contributed by atoms with Gasteiger partial charge in [-0.2, -0.15) is 13.2 Å². The maximum Gasteiger partial charge on any atom is 0.416 e. The van der Waals surface area contributed by atoms with E-state index in [1.54, 1.807) is 4.90 Å². The summed E-state index contributed by atoms with van der Waals surface area (Å²) in [6, 6.07) is 4.39. The van der Waals surface area contributed by atoms with E-state index < -0.39 is 23.2 Å². The topological polar surface area (TPSA) is 73.4 Å². The Morgan fingerprint density at radius 2 is 2.11 bits per heavy atom. The van der Waals surface area contributed by atoms with Crippen molar-refractivity contribution in [3.8, 4) is 0 Å². The molecule has 27 heavy (non-hydrogen) atoms. The van der Waals surface area contributed by atoms with Crippen LogP contribution in [0.1, 0.15) is 35.2 Å². The Bertz CT molecular complexity index is 969. The summed E-state index contributed by atoms with van der Waals surface area (Å²) in [6.45, 7) is 0.900. The van der Waals surface area contributed by atoms with Crippen molar-refractivity contribution in [2.75, 3.05) is 19.7 Å². The van der Waals surface area contributed by atoms with Crippen LogP contribution in [0.25, 0.3) is 10.9 Å². The Balaban J connectivity index is 1.67. The van der Waals surface area contributed by atoms with Gasteiger partial charge in [-0.15, -0.1) is 0 Å². The number of alkyl halides is 3. The lowest BCUT2D eigenvalue weighted by Crippen LogP contribution is -2.36. The molecule has 0 spiro atoms. The number of H-pyrrole nitrogens is 1. The van der Waals surface area contributed by atoms with Gasteiger partial charge in [-0.05, 0) is 42.3 Å². The highest BCUT2D eigenvalue weighted by molar-refractivity contribution is 5.97. The number of nitrogens with one attached hydrogen (secondary N) is 1. The molecule has 2 fully saturated rings. The number of aromatic nitrogens is 1. The van der Waals surface area contributed by atoms with Gasteiger partial charge in [0.2, 0.25) is 0 Å². The first-order valence-electron chi connectivity index (χ1n) is 8.88. The zero-order valence-corrected chi connectivity index (χ0v) is 14.5. The summed E-state index contributed by atoms with van der Waals surface area (Å²) < 4.78 is 38.5. The summed E-state index contributed by atoms with van der Waals surface area (Å²) >= 11 is 0. The van der Waals surface area contributed by atoms with Crippen LogP contribution in [0.5, 0.6) is 0 Å². The second-order valence-electron chi connectivity index (χ2n) is 7.61. The van der Waals surface area contributed by atoms with E-state index >= 15 is 0 Å². The van der Waals surface area contributed by atoms with E-state index in [0.29, 0.717) is 18.5 Å². The molecule has 1 saturated carbocycles. The van der Waals surface area contributed by atoms with Crippen molar-refractivity contribution in [3.63, 3.8) is 0 Å². The van der Waals surface area contributed by atoms with Crippen LogP contribution in [-0.2, 0) is 6.18 Å². The molecule has 8 heteroatoms. The molecule has 1 saturated heterocycles. The van der Waals surface area contributed by atoms with Crippen molar-refractivity contribution in [1.82, 2.24) is 9.88 Å². The number of carbonyl (C=O) groups excluding carboxylic acids is 1. The summed E-state index contributed by atoms with van der Waals surface area (Å²) in [5, 5.41) is 10.2. The van der Waals surface area contributed by atoms with Gasteiger partial charge >= 0.3 is 6.18 Å². The van der Waals surface area contributed by atoms with Gasteiger partial charge in [-0.1, -0.05) is 12.5 Å². The first kappa shape index (κ1) is 18.0. The van der Waals surface area contributed by atoms with Crippen LogP contribution in [0.15, 0.2) is 29.1 Å². The highest BCUT2D eigenvalue weighted by atomic mass is 19.4. The Morgan fingerprint density at radius 3 is 2.78 bits per heavy atom. The van der Waals surface area contributed by atoms with E-state index in [9.17, 15) is 27.9 Å². The van der Waals surface area contributed by atoms with Crippen LogP contribution in [0.2, 0.25) is 0 Å². The molecule has 1 aliphatic carbocycles. The predicted octanol–water partition coefficient (Wildman–Crippen LogP) is 2.78. The van der Waals surface area contributed by atoms with Crippen LogP contribution in [0.4, 0.5) is 13.2 Å². The van der Waals surface area contributed by atoms with E-state index in [1.807, 2.05) is 0 Å². The quantitative estimate of drug-likeness (QED) is 0.842. The number of halogens is 3. The first-order chi connectivity index (χ1) is 12.7. The summed E-state index contributed by atoms with van der Waals surface area (Å²) in [6.07, 6.45) is -1.69. The number of nitrogens with zero attached hydrogens (tertiary/aromatic N) is 1. The molecule has 2 aromatic rings. The third-order valence-electron chi connectivity index (χ3n) is 6.05. The van der Waals surface area contributed by atoms with E-state index in [1.165, 1.54) is 12.1 Å².